The minimum Gasteiger partial charge on any atom is -0.212 e. The largest absolute Gasteiger partial charge is 0.234 e. The van der Waals surface area contributed by atoms with Crippen molar-refractivity contribution in [3.8, 4) is 0 Å². The van der Waals surface area contributed by atoms with Gasteiger partial charge < -0.3 is 0 Å². The van der Waals surface area contributed by atoms with E-state index in [0.29, 0.717) is 15.7 Å². The summed E-state index contributed by atoms with van der Waals surface area (Å²) < 4.78 is 49.3. The van der Waals surface area contributed by atoms with Gasteiger partial charge in [0.2, 0.25) is 8.87 Å². The molecule has 0 unspecified atom stereocenters. The lowest BCUT2D eigenvalue weighted by atomic mass is 10.4. The molecule has 0 bridgehead atoms. The summed E-state index contributed by atoms with van der Waals surface area (Å²) in [5.41, 5.74) is 0. The van der Waals surface area contributed by atoms with Gasteiger partial charge in [0.1, 0.15) is 11.6 Å². The van der Waals surface area contributed by atoms with E-state index in [4.69, 9.17) is 0 Å². The molecule has 0 N–H and O–H groups in total. The highest BCUT2D eigenvalue weighted by atomic mass is 33.1. The molecule has 18 heavy (non-hydrogen) atoms. The molecule has 2 nitrogen and oxygen atoms in total. The average Bonchev–Trinajstić information content (AvgIpc) is 2.32. The molecule has 2 aromatic carbocycles. The minimum absolute atomic E-state index is 0.0122. The van der Waals surface area contributed by atoms with Crippen LogP contribution in [-0.4, -0.2) is 8.42 Å². The van der Waals surface area contributed by atoms with E-state index in [-0.39, 0.29) is 4.90 Å². The predicted octanol–water partition coefficient (Wildman–Crippen LogP) is 3.45. The van der Waals surface area contributed by atoms with E-state index < -0.39 is 20.5 Å². The van der Waals surface area contributed by atoms with Gasteiger partial charge in [0.25, 0.3) is 0 Å². The molecule has 6 heteroatoms. The molecular formula is C12H8F2O2S2. The molecule has 94 valence electrons. The van der Waals surface area contributed by atoms with Crippen LogP contribution in [0.5, 0.6) is 0 Å². The van der Waals surface area contributed by atoms with Gasteiger partial charge >= 0.3 is 0 Å². The van der Waals surface area contributed by atoms with Crippen LogP contribution in [0.15, 0.2) is 58.3 Å². The van der Waals surface area contributed by atoms with Gasteiger partial charge in [-0.25, -0.2) is 17.2 Å². The zero-order valence-electron chi connectivity index (χ0n) is 9.01. The maximum atomic E-state index is 12.7. The van der Waals surface area contributed by atoms with E-state index >= 15 is 0 Å². The molecule has 0 fully saturated rings. The summed E-state index contributed by atoms with van der Waals surface area (Å²) in [6, 6.07) is 9.67. The fourth-order valence-electron chi connectivity index (χ4n) is 1.27. The quantitative estimate of drug-likeness (QED) is 0.810. The van der Waals surface area contributed by atoms with Gasteiger partial charge in [-0.1, -0.05) is 0 Å². The number of hydrogen-bond acceptors (Lipinski definition) is 3. The third kappa shape index (κ3) is 3.08. The SMILES string of the molecule is O=S(=O)(Sc1ccc(F)cc1)c1ccc(F)cc1. The van der Waals surface area contributed by atoms with Gasteiger partial charge in [-0.05, 0) is 48.5 Å². The lowest BCUT2D eigenvalue weighted by molar-refractivity contribution is 0.608. The van der Waals surface area contributed by atoms with Crippen LogP contribution in [0.25, 0.3) is 0 Å². The molecule has 0 saturated heterocycles. The maximum Gasteiger partial charge on any atom is 0.234 e. The molecular weight excluding hydrogens is 278 g/mol. The maximum absolute atomic E-state index is 12.7. The Balaban J connectivity index is 2.27. The summed E-state index contributed by atoms with van der Waals surface area (Å²) in [4.78, 5) is 0.416. The van der Waals surface area contributed by atoms with Crippen LogP contribution in [0.3, 0.4) is 0 Å². The number of halogens is 2. The standard InChI is InChI=1S/C12H8F2O2S2/c13-9-1-5-11(6-2-9)17-18(15,16)12-7-3-10(14)4-8-12/h1-8H. The van der Waals surface area contributed by atoms with Crippen molar-refractivity contribution < 1.29 is 17.2 Å². The smallest absolute Gasteiger partial charge is 0.212 e. The molecule has 0 aliphatic carbocycles. The molecule has 0 radical (unpaired) electrons. The van der Waals surface area contributed by atoms with Gasteiger partial charge in [-0.2, -0.15) is 0 Å². The van der Waals surface area contributed by atoms with Crippen molar-refractivity contribution in [2.24, 2.45) is 0 Å². The molecule has 0 atom stereocenters. The summed E-state index contributed by atoms with van der Waals surface area (Å²) in [5.74, 6) is -0.931. The molecule has 0 amide bonds. The normalized spacial score (nSPS) is 11.4. The molecule has 0 saturated carbocycles. The second kappa shape index (κ2) is 5.07. The highest BCUT2D eigenvalue weighted by Crippen LogP contribution is 2.30. The van der Waals surface area contributed by atoms with Crippen molar-refractivity contribution in [3.63, 3.8) is 0 Å². The first kappa shape index (κ1) is 13.0. The molecule has 2 aromatic rings. The fourth-order valence-corrected chi connectivity index (χ4v) is 4.05. The average molecular weight is 286 g/mol. The lowest BCUT2D eigenvalue weighted by Gasteiger charge is -2.03. The molecule has 2 rings (SSSR count). The van der Waals surface area contributed by atoms with E-state index in [1.807, 2.05) is 0 Å². The van der Waals surface area contributed by atoms with Gasteiger partial charge in [0.15, 0.2) is 0 Å². The van der Waals surface area contributed by atoms with Gasteiger partial charge in [0, 0.05) is 15.7 Å². The zero-order chi connectivity index (χ0) is 13.2. The predicted molar refractivity (Wildman–Crippen MR) is 65.8 cm³/mol. The van der Waals surface area contributed by atoms with E-state index in [0.717, 1.165) is 12.1 Å². The Labute approximate surface area is 107 Å². The van der Waals surface area contributed by atoms with E-state index in [1.165, 1.54) is 36.4 Å². The third-order valence-electron chi connectivity index (χ3n) is 2.12. The Morgan fingerprint density at radius 1 is 0.778 bits per heavy atom. The van der Waals surface area contributed by atoms with Crippen molar-refractivity contribution in [1.82, 2.24) is 0 Å². The van der Waals surface area contributed by atoms with Crippen LogP contribution < -0.4 is 0 Å². The Morgan fingerprint density at radius 3 is 1.72 bits per heavy atom. The first-order valence-corrected chi connectivity index (χ1v) is 7.75. The number of benzene rings is 2. The van der Waals surface area contributed by atoms with Crippen molar-refractivity contribution in [3.05, 3.63) is 60.2 Å². The Bertz CT molecular complexity index is 635. The van der Waals surface area contributed by atoms with Gasteiger partial charge in [0.05, 0.1) is 4.90 Å². The van der Waals surface area contributed by atoms with Crippen molar-refractivity contribution in [1.29, 1.82) is 0 Å². The Hall–Kier alpha value is -1.40. The monoisotopic (exact) mass is 286 g/mol. The summed E-state index contributed by atoms with van der Waals surface area (Å²) in [7, 11) is -3.02. The van der Waals surface area contributed by atoms with Crippen LogP contribution in [0.1, 0.15) is 0 Å². The second-order valence-electron chi connectivity index (χ2n) is 3.45. The molecule has 0 aliphatic rings. The summed E-state index contributed by atoms with van der Waals surface area (Å²) in [5, 5.41) is 0. The zero-order valence-corrected chi connectivity index (χ0v) is 10.6. The van der Waals surface area contributed by atoms with Gasteiger partial charge in [-0.15, -0.1) is 0 Å². The Morgan fingerprint density at radius 2 is 1.22 bits per heavy atom. The minimum atomic E-state index is -3.62. The van der Waals surface area contributed by atoms with Crippen LogP contribution in [0.2, 0.25) is 0 Å². The van der Waals surface area contributed by atoms with Crippen LogP contribution in [-0.2, 0) is 8.87 Å². The second-order valence-corrected chi connectivity index (χ2v) is 7.28. The summed E-state index contributed by atoms with van der Waals surface area (Å²) in [6.07, 6.45) is 0. The molecule has 0 aromatic heterocycles. The van der Waals surface area contributed by atoms with Crippen LogP contribution >= 0.6 is 10.8 Å². The van der Waals surface area contributed by atoms with Gasteiger partial charge in [-0.3, -0.25) is 0 Å². The van der Waals surface area contributed by atoms with Crippen molar-refractivity contribution >= 4 is 19.7 Å². The topological polar surface area (TPSA) is 34.1 Å². The highest BCUT2D eigenvalue weighted by Gasteiger charge is 2.16. The third-order valence-corrected chi connectivity index (χ3v) is 5.47. The van der Waals surface area contributed by atoms with E-state index in [9.17, 15) is 17.2 Å². The van der Waals surface area contributed by atoms with E-state index in [1.54, 1.807) is 0 Å². The lowest BCUT2D eigenvalue weighted by Crippen LogP contribution is -1.95. The summed E-state index contributed by atoms with van der Waals surface area (Å²) in [6.45, 7) is 0. The molecule has 0 heterocycles. The van der Waals surface area contributed by atoms with Crippen LogP contribution in [0.4, 0.5) is 8.78 Å². The number of rotatable bonds is 3. The van der Waals surface area contributed by atoms with Crippen molar-refractivity contribution in [2.45, 2.75) is 9.79 Å². The first-order chi connectivity index (χ1) is 8.47. The fraction of sp³-hybridized carbons (Fsp3) is 0. The highest BCUT2D eigenvalue weighted by molar-refractivity contribution is 8.72. The summed E-state index contributed by atoms with van der Waals surface area (Å²) >= 11 is 0. The molecule has 0 spiro atoms. The Kier molecular flexibility index (Phi) is 3.68. The molecule has 0 aliphatic heterocycles. The number of hydrogen-bond donors (Lipinski definition) is 0. The first-order valence-electron chi connectivity index (χ1n) is 4.93. The van der Waals surface area contributed by atoms with Crippen molar-refractivity contribution in [2.75, 3.05) is 0 Å². The van der Waals surface area contributed by atoms with E-state index in [2.05, 4.69) is 0 Å². The van der Waals surface area contributed by atoms with Crippen LogP contribution in [0, 0.1) is 11.6 Å².